The lowest BCUT2D eigenvalue weighted by atomic mass is 10.1. The minimum absolute atomic E-state index is 0. The summed E-state index contributed by atoms with van der Waals surface area (Å²) in [4.78, 5) is 11.4. The third-order valence-corrected chi connectivity index (χ3v) is 5.28. The number of likely N-dealkylation sites (N-methyl/N-ethyl adjacent to an activating group) is 1. The molecule has 1 aromatic carbocycles. The lowest BCUT2D eigenvalue weighted by molar-refractivity contribution is 0.0600. The second kappa shape index (κ2) is 7.22. The second-order valence-corrected chi connectivity index (χ2v) is 6.80. The molecule has 8 heteroatoms. The first-order valence-corrected chi connectivity index (χ1v) is 7.88. The zero-order valence-corrected chi connectivity index (χ0v) is 13.5. The summed E-state index contributed by atoms with van der Waals surface area (Å²) in [6.45, 7) is 1.36. The molecule has 0 aliphatic carbocycles. The van der Waals surface area contributed by atoms with Crippen LogP contribution in [0.4, 0.5) is 0 Å². The van der Waals surface area contributed by atoms with E-state index in [1.165, 1.54) is 11.4 Å². The summed E-state index contributed by atoms with van der Waals surface area (Å²) in [7, 11) is -0.498. The Hall–Kier alpha value is -1.15. The number of methoxy groups -OCH3 is 1. The number of nitrogens with zero attached hydrogens (tertiary/aromatic N) is 1. The molecule has 21 heavy (non-hydrogen) atoms. The van der Waals surface area contributed by atoms with Gasteiger partial charge in [0.05, 0.1) is 18.4 Å². The van der Waals surface area contributed by atoms with E-state index in [-0.39, 0.29) is 24.2 Å². The van der Waals surface area contributed by atoms with Gasteiger partial charge in [-0.05, 0) is 17.7 Å². The number of hydrogen-bond acceptors (Lipinski definition) is 5. The van der Waals surface area contributed by atoms with Crippen LogP contribution in [0.15, 0.2) is 24.3 Å². The fraction of sp³-hybridized carbons (Fsp3) is 0.462. The summed E-state index contributed by atoms with van der Waals surface area (Å²) in [5, 5.41) is 3.04. The Labute approximate surface area is 130 Å². The topological polar surface area (TPSA) is 75.7 Å². The van der Waals surface area contributed by atoms with Crippen molar-refractivity contribution < 1.29 is 17.9 Å². The number of carbonyl (C=O) groups excluding carboxylic acids is 1. The van der Waals surface area contributed by atoms with Gasteiger partial charge in [0.25, 0.3) is 0 Å². The van der Waals surface area contributed by atoms with Gasteiger partial charge in [0, 0.05) is 26.2 Å². The van der Waals surface area contributed by atoms with Crippen LogP contribution in [-0.2, 0) is 20.5 Å². The number of ether oxygens (including phenoxy) is 1. The Kier molecular flexibility index (Phi) is 6.15. The van der Waals surface area contributed by atoms with Crippen molar-refractivity contribution in [3.05, 3.63) is 35.4 Å². The van der Waals surface area contributed by atoms with Crippen molar-refractivity contribution in [3.63, 3.8) is 0 Å². The number of nitrogens with one attached hydrogen (secondary N) is 1. The molecular formula is C13H19ClN2O4S. The van der Waals surface area contributed by atoms with E-state index in [9.17, 15) is 13.2 Å². The van der Waals surface area contributed by atoms with Gasteiger partial charge in [0.2, 0.25) is 10.0 Å². The normalized spacial score (nSPS) is 15.2. The van der Waals surface area contributed by atoms with E-state index in [0.717, 1.165) is 0 Å². The van der Waals surface area contributed by atoms with Crippen molar-refractivity contribution in [1.29, 1.82) is 0 Å². The van der Waals surface area contributed by atoms with Gasteiger partial charge in [-0.2, -0.15) is 4.31 Å². The first-order valence-electron chi connectivity index (χ1n) is 6.28. The lowest BCUT2D eigenvalue weighted by Crippen LogP contribution is -2.57. The van der Waals surface area contributed by atoms with Gasteiger partial charge in [0.1, 0.15) is 0 Å². The molecule has 0 unspecified atom stereocenters. The molecule has 1 aliphatic rings. The zero-order chi connectivity index (χ0) is 14.8. The molecule has 2 rings (SSSR count). The number of carbonyl (C=O) groups is 1. The van der Waals surface area contributed by atoms with Crippen LogP contribution in [-0.4, -0.2) is 52.0 Å². The first-order chi connectivity index (χ1) is 9.44. The van der Waals surface area contributed by atoms with E-state index in [4.69, 9.17) is 0 Å². The summed E-state index contributed by atoms with van der Waals surface area (Å²) < 4.78 is 30.6. The molecule has 0 amide bonds. The number of hydrogen-bond donors (Lipinski definition) is 1. The van der Waals surface area contributed by atoms with E-state index in [0.29, 0.717) is 24.2 Å². The molecule has 1 aromatic rings. The van der Waals surface area contributed by atoms with Crippen LogP contribution < -0.4 is 5.32 Å². The van der Waals surface area contributed by atoms with Crippen molar-refractivity contribution in [2.75, 3.05) is 27.2 Å². The van der Waals surface area contributed by atoms with E-state index >= 15 is 0 Å². The van der Waals surface area contributed by atoms with Gasteiger partial charge in [-0.1, -0.05) is 12.1 Å². The number of sulfonamides is 1. The molecule has 0 spiro atoms. The Bertz CT molecular complexity index is 602. The van der Waals surface area contributed by atoms with Crippen LogP contribution in [0.2, 0.25) is 0 Å². The van der Waals surface area contributed by atoms with Crippen molar-refractivity contribution in [2.24, 2.45) is 0 Å². The summed E-state index contributed by atoms with van der Waals surface area (Å²) >= 11 is 0. The molecule has 1 heterocycles. The van der Waals surface area contributed by atoms with Crippen LogP contribution in [0.1, 0.15) is 15.9 Å². The molecule has 0 bridgehead atoms. The summed E-state index contributed by atoms with van der Waals surface area (Å²) in [6, 6.07) is 6.51. The maximum atomic E-state index is 12.3. The van der Waals surface area contributed by atoms with Gasteiger partial charge in [0.15, 0.2) is 0 Å². The average molecular weight is 335 g/mol. The van der Waals surface area contributed by atoms with Crippen LogP contribution in [0.3, 0.4) is 0 Å². The number of benzene rings is 1. The van der Waals surface area contributed by atoms with Gasteiger partial charge in [-0.25, -0.2) is 13.2 Å². The van der Waals surface area contributed by atoms with Crippen LogP contribution >= 0.6 is 12.4 Å². The fourth-order valence-electron chi connectivity index (χ4n) is 1.98. The van der Waals surface area contributed by atoms with Gasteiger partial charge in [-0.15, -0.1) is 12.4 Å². The van der Waals surface area contributed by atoms with Crippen molar-refractivity contribution in [2.45, 2.75) is 11.8 Å². The van der Waals surface area contributed by atoms with Crippen molar-refractivity contribution in [1.82, 2.24) is 9.62 Å². The number of halogens is 1. The highest BCUT2D eigenvalue weighted by atomic mass is 35.5. The number of rotatable bonds is 5. The monoisotopic (exact) mass is 334 g/mol. The number of esters is 1. The predicted octanol–water partition coefficient (Wildman–Crippen LogP) is 0.628. The molecule has 1 aliphatic heterocycles. The highest BCUT2D eigenvalue weighted by Crippen LogP contribution is 2.15. The lowest BCUT2D eigenvalue weighted by Gasteiger charge is -2.34. The average Bonchev–Trinajstić information content (AvgIpc) is 2.35. The molecule has 1 N–H and O–H groups in total. The fourth-order valence-corrected chi connectivity index (χ4v) is 3.38. The SMILES string of the molecule is COC(=O)c1cccc(CS(=O)(=O)N(C)C2CNC2)c1.Cl. The summed E-state index contributed by atoms with van der Waals surface area (Å²) in [6.07, 6.45) is 0. The largest absolute Gasteiger partial charge is 0.465 e. The highest BCUT2D eigenvalue weighted by Gasteiger charge is 2.30. The van der Waals surface area contributed by atoms with E-state index in [1.54, 1.807) is 31.3 Å². The minimum atomic E-state index is -3.38. The first kappa shape index (κ1) is 17.9. The quantitative estimate of drug-likeness (QED) is 0.799. The molecule has 1 saturated heterocycles. The maximum Gasteiger partial charge on any atom is 0.337 e. The minimum Gasteiger partial charge on any atom is -0.465 e. The Balaban J connectivity index is 0.00000220. The zero-order valence-electron chi connectivity index (χ0n) is 11.9. The van der Waals surface area contributed by atoms with Gasteiger partial charge in [-0.3, -0.25) is 0 Å². The Morgan fingerprint density at radius 2 is 2.10 bits per heavy atom. The highest BCUT2D eigenvalue weighted by molar-refractivity contribution is 7.88. The van der Waals surface area contributed by atoms with E-state index < -0.39 is 16.0 Å². The van der Waals surface area contributed by atoms with E-state index in [1.807, 2.05) is 0 Å². The third kappa shape index (κ3) is 4.16. The maximum absolute atomic E-state index is 12.3. The molecule has 0 atom stereocenters. The molecule has 0 aromatic heterocycles. The standard InChI is InChI=1S/C13H18N2O4S.ClH/c1-15(12-7-14-8-12)20(17,18)9-10-4-3-5-11(6-10)13(16)19-2;/h3-6,12,14H,7-9H2,1-2H3;1H. The van der Waals surface area contributed by atoms with Crippen LogP contribution in [0, 0.1) is 0 Å². The molecule has 0 radical (unpaired) electrons. The molecule has 118 valence electrons. The summed E-state index contributed by atoms with van der Waals surface area (Å²) in [5.74, 6) is -0.592. The summed E-state index contributed by atoms with van der Waals surface area (Å²) in [5.41, 5.74) is 0.931. The van der Waals surface area contributed by atoms with Gasteiger partial charge >= 0.3 is 5.97 Å². The Morgan fingerprint density at radius 1 is 1.43 bits per heavy atom. The smallest absolute Gasteiger partial charge is 0.337 e. The van der Waals surface area contributed by atoms with Crippen LogP contribution in [0.5, 0.6) is 0 Å². The van der Waals surface area contributed by atoms with Gasteiger partial charge < -0.3 is 10.1 Å². The Morgan fingerprint density at radius 3 is 2.62 bits per heavy atom. The third-order valence-electron chi connectivity index (χ3n) is 3.41. The van der Waals surface area contributed by atoms with Crippen LogP contribution in [0.25, 0.3) is 0 Å². The molecular weight excluding hydrogens is 316 g/mol. The van der Waals surface area contributed by atoms with Crippen molar-refractivity contribution in [3.8, 4) is 0 Å². The van der Waals surface area contributed by atoms with E-state index in [2.05, 4.69) is 10.1 Å². The second-order valence-electron chi connectivity index (χ2n) is 4.78. The predicted molar refractivity (Wildman–Crippen MR) is 82.1 cm³/mol. The van der Waals surface area contributed by atoms with Crippen molar-refractivity contribution >= 4 is 28.4 Å². The molecule has 0 saturated carbocycles. The molecule has 6 nitrogen and oxygen atoms in total. The molecule has 1 fully saturated rings.